The highest BCUT2D eigenvalue weighted by molar-refractivity contribution is 7.88. The van der Waals surface area contributed by atoms with Crippen molar-refractivity contribution in [3.05, 3.63) is 59.7 Å². The molecule has 1 heterocycles. The summed E-state index contributed by atoms with van der Waals surface area (Å²) in [6, 6.07) is 10.7. The molecule has 5 nitrogen and oxygen atoms in total. The maximum Gasteiger partial charge on any atom is 0.226 e. The Morgan fingerprint density at radius 3 is 2.45 bits per heavy atom. The van der Waals surface area contributed by atoms with Crippen molar-refractivity contribution in [3.8, 4) is 11.1 Å². The quantitative estimate of drug-likeness (QED) is 0.782. The van der Waals surface area contributed by atoms with E-state index in [2.05, 4.69) is 4.72 Å². The number of benzene rings is 2. The van der Waals surface area contributed by atoms with Crippen molar-refractivity contribution in [2.45, 2.75) is 24.8 Å². The molecular weight excluding hydrogens is 398 g/mol. The van der Waals surface area contributed by atoms with Crippen LogP contribution in [-0.4, -0.2) is 44.6 Å². The van der Waals surface area contributed by atoms with Gasteiger partial charge in [0, 0.05) is 25.0 Å². The maximum atomic E-state index is 14.3. The monoisotopic (exact) mass is 420 g/mol. The molecule has 1 saturated heterocycles. The molecule has 2 aromatic carbocycles. The van der Waals surface area contributed by atoms with E-state index in [9.17, 15) is 22.0 Å². The van der Waals surface area contributed by atoms with Crippen LogP contribution < -0.4 is 4.72 Å². The predicted molar refractivity (Wildman–Crippen MR) is 106 cm³/mol. The van der Waals surface area contributed by atoms with Crippen LogP contribution in [0.4, 0.5) is 8.78 Å². The molecule has 1 N–H and O–H groups in total. The van der Waals surface area contributed by atoms with Gasteiger partial charge in [0.25, 0.3) is 0 Å². The number of halogens is 2. The van der Waals surface area contributed by atoms with Gasteiger partial charge in [0.1, 0.15) is 11.6 Å². The standard InChI is InChI=1S/C21H22F2N2O3S/c1-29(27,28)24-12-13-9-10-25(13)21(26)17-11-16(17)14-5-2-3-6-15(14)20-18(22)7-4-8-19(20)23/h2-8,13,16-17,24H,9-12H2,1H3/t13-,16+,17-/m1/s1. The van der Waals surface area contributed by atoms with Gasteiger partial charge in [0.05, 0.1) is 11.8 Å². The van der Waals surface area contributed by atoms with E-state index in [1.807, 2.05) is 6.07 Å². The zero-order valence-electron chi connectivity index (χ0n) is 15.9. The van der Waals surface area contributed by atoms with Gasteiger partial charge in [-0.15, -0.1) is 0 Å². The van der Waals surface area contributed by atoms with Crippen LogP contribution in [0.5, 0.6) is 0 Å². The summed E-state index contributed by atoms with van der Waals surface area (Å²) in [7, 11) is -3.31. The molecule has 29 heavy (non-hydrogen) atoms. The molecule has 0 radical (unpaired) electrons. The van der Waals surface area contributed by atoms with Crippen LogP contribution in [0.25, 0.3) is 11.1 Å². The third kappa shape index (κ3) is 4.04. The molecule has 8 heteroatoms. The van der Waals surface area contributed by atoms with Crippen molar-refractivity contribution < 1.29 is 22.0 Å². The molecular formula is C21H22F2N2O3S. The van der Waals surface area contributed by atoms with E-state index >= 15 is 0 Å². The van der Waals surface area contributed by atoms with Crippen LogP contribution in [0, 0.1) is 17.6 Å². The van der Waals surface area contributed by atoms with Crippen LogP contribution in [0.1, 0.15) is 24.3 Å². The largest absolute Gasteiger partial charge is 0.338 e. The molecule has 1 aliphatic carbocycles. The van der Waals surface area contributed by atoms with Crippen LogP contribution >= 0.6 is 0 Å². The first-order valence-corrected chi connectivity index (χ1v) is 11.4. The highest BCUT2D eigenvalue weighted by Crippen LogP contribution is 2.52. The van der Waals surface area contributed by atoms with E-state index < -0.39 is 21.7 Å². The molecule has 154 valence electrons. The van der Waals surface area contributed by atoms with Gasteiger partial charge in [0.2, 0.25) is 15.9 Å². The molecule has 2 aliphatic rings. The van der Waals surface area contributed by atoms with Gasteiger partial charge in [-0.25, -0.2) is 21.9 Å². The number of carbonyl (C=O) groups is 1. The minimum absolute atomic E-state index is 0.0228. The topological polar surface area (TPSA) is 66.5 Å². The summed E-state index contributed by atoms with van der Waals surface area (Å²) in [4.78, 5) is 14.6. The van der Waals surface area contributed by atoms with Gasteiger partial charge >= 0.3 is 0 Å². The Kier molecular flexibility index (Phi) is 5.16. The summed E-state index contributed by atoms with van der Waals surface area (Å²) in [6.07, 6.45) is 2.46. The van der Waals surface area contributed by atoms with Crippen molar-refractivity contribution in [2.75, 3.05) is 19.3 Å². The predicted octanol–water partition coefficient (Wildman–Crippen LogP) is 2.89. The second-order valence-corrected chi connectivity index (χ2v) is 9.56. The molecule has 2 fully saturated rings. The second kappa shape index (κ2) is 7.50. The van der Waals surface area contributed by atoms with Gasteiger partial charge < -0.3 is 4.90 Å². The molecule has 0 aromatic heterocycles. The average Bonchev–Trinajstić information content (AvgIpc) is 3.41. The Hall–Kier alpha value is -2.32. The van der Waals surface area contributed by atoms with E-state index in [4.69, 9.17) is 0 Å². The van der Waals surface area contributed by atoms with Crippen LogP contribution in [0.3, 0.4) is 0 Å². The lowest BCUT2D eigenvalue weighted by atomic mass is 9.94. The summed E-state index contributed by atoms with van der Waals surface area (Å²) >= 11 is 0. The fourth-order valence-electron chi connectivity index (χ4n) is 4.02. The molecule has 4 rings (SSSR count). The number of sulfonamides is 1. The van der Waals surface area contributed by atoms with Gasteiger partial charge in [-0.3, -0.25) is 4.79 Å². The van der Waals surface area contributed by atoms with Gasteiger partial charge in [0.15, 0.2) is 0 Å². The Morgan fingerprint density at radius 1 is 1.14 bits per heavy atom. The fourth-order valence-corrected chi connectivity index (χ4v) is 4.51. The lowest BCUT2D eigenvalue weighted by molar-refractivity contribution is -0.140. The van der Waals surface area contributed by atoms with Crippen molar-refractivity contribution >= 4 is 15.9 Å². The number of hydrogen-bond donors (Lipinski definition) is 1. The fraction of sp³-hybridized carbons (Fsp3) is 0.381. The smallest absolute Gasteiger partial charge is 0.226 e. The van der Waals surface area contributed by atoms with E-state index in [-0.39, 0.29) is 35.9 Å². The van der Waals surface area contributed by atoms with Gasteiger partial charge in [-0.2, -0.15) is 0 Å². The van der Waals surface area contributed by atoms with Gasteiger partial charge in [-0.1, -0.05) is 30.3 Å². The van der Waals surface area contributed by atoms with E-state index in [1.165, 1.54) is 18.2 Å². The number of nitrogens with zero attached hydrogens (tertiary/aromatic N) is 1. The summed E-state index contributed by atoms with van der Waals surface area (Å²) in [5, 5.41) is 0. The van der Waals surface area contributed by atoms with Crippen LogP contribution in [-0.2, 0) is 14.8 Å². The normalized spacial score (nSPS) is 23.6. The zero-order valence-corrected chi connectivity index (χ0v) is 16.8. The second-order valence-electron chi connectivity index (χ2n) is 7.73. The van der Waals surface area contributed by atoms with Crippen molar-refractivity contribution in [1.82, 2.24) is 9.62 Å². The highest BCUT2D eigenvalue weighted by Gasteiger charge is 2.49. The molecule has 1 amide bonds. The number of hydrogen-bond acceptors (Lipinski definition) is 3. The number of carbonyl (C=O) groups excluding carboxylic acids is 1. The molecule has 1 saturated carbocycles. The molecule has 3 atom stereocenters. The lowest BCUT2D eigenvalue weighted by Gasteiger charge is -2.41. The Labute approximate surface area is 168 Å². The van der Waals surface area contributed by atoms with Crippen molar-refractivity contribution in [1.29, 1.82) is 0 Å². The van der Waals surface area contributed by atoms with Gasteiger partial charge in [-0.05, 0) is 42.0 Å². The summed E-state index contributed by atoms with van der Waals surface area (Å²) in [5.74, 6) is -1.62. The third-order valence-electron chi connectivity index (χ3n) is 5.71. The van der Waals surface area contributed by atoms with Crippen LogP contribution in [0.2, 0.25) is 0 Å². The average molecular weight is 420 g/mol. The van der Waals surface area contributed by atoms with E-state index in [0.717, 1.165) is 18.2 Å². The Morgan fingerprint density at radius 2 is 1.83 bits per heavy atom. The summed E-state index contributed by atoms with van der Waals surface area (Å²) in [6.45, 7) is 0.806. The lowest BCUT2D eigenvalue weighted by Crippen LogP contribution is -2.56. The highest BCUT2D eigenvalue weighted by atomic mass is 32.2. The number of amides is 1. The Balaban J connectivity index is 1.51. The molecule has 2 aromatic rings. The number of nitrogens with one attached hydrogen (secondary N) is 1. The molecule has 0 spiro atoms. The Bertz CT molecular complexity index is 1040. The minimum atomic E-state index is -3.31. The van der Waals surface area contributed by atoms with Crippen LogP contribution in [0.15, 0.2) is 42.5 Å². The van der Waals surface area contributed by atoms with Crippen molar-refractivity contribution in [3.63, 3.8) is 0 Å². The first kappa shape index (κ1) is 20.0. The van der Waals surface area contributed by atoms with Crippen molar-refractivity contribution in [2.24, 2.45) is 5.92 Å². The molecule has 0 unspecified atom stereocenters. The number of likely N-dealkylation sites (tertiary alicyclic amines) is 1. The summed E-state index contributed by atoms with van der Waals surface area (Å²) < 4.78 is 53.6. The minimum Gasteiger partial charge on any atom is -0.338 e. The SMILES string of the molecule is CS(=O)(=O)NC[C@H]1CCN1C(=O)[C@@H]1C[C@H]1c1ccccc1-c1c(F)cccc1F. The van der Waals surface area contributed by atoms with E-state index in [1.54, 1.807) is 23.1 Å². The number of rotatable bonds is 6. The zero-order chi connectivity index (χ0) is 20.8. The third-order valence-corrected chi connectivity index (χ3v) is 6.40. The first-order valence-electron chi connectivity index (χ1n) is 9.54. The summed E-state index contributed by atoms with van der Waals surface area (Å²) in [5.41, 5.74) is 1.17. The first-order chi connectivity index (χ1) is 13.8. The van der Waals surface area contributed by atoms with E-state index in [0.29, 0.717) is 18.5 Å². The molecule has 1 aliphatic heterocycles. The molecule has 0 bridgehead atoms. The maximum absolute atomic E-state index is 14.3.